The van der Waals surface area contributed by atoms with E-state index in [-0.39, 0.29) is 30.1 Å². The fourth-order valence-electron chi connectivity index (χ4n) is 3.27. The van der Waals surface area contributed by atoms with E-state index in [2.05, 4.69) is 24.4 Å². The van der Waals surface area contributed by atoms with Gasteiger partial charge >= 0.3 is 0 Å². The van der Waals surface area contributed by atoms with Gasteiger partial charge in [-0.1, -0.05) is 49.4 Å². The first-order chi connectivity index (χ1) is 12.6. The van der Waals surface area contributed by atoms with Gasteiger partial charge in [-0.3, -0.25) is 9.59 Å². The smallest absolute Gasteiger partial charge is 0.227 e. The molecular formula is C21H24N2O3. The van der Waals surface area contributed by atoms with Gasteiger partial charge in [-0.15, -0.1) is 0 Å². The van der Waals surface area contributed by atoms with Crippen LogP contribution in [0.1, 0.15) is 24.8 Å². The number of nitrogens with one attached hydrogen (secondary N) is 1. The Balaban J connectivity index is 1.60. The van der Waals surface area contributed by atoms with Crippen molar-refractivity contribution in [3.8, 4) is 5.75 Å². The lowest BCUT2D eigenvalue weighted by Crippen LogP contribution is -2.35. The molecule has 1 aliphatic heterocycles. The molecule has 0 spiro atoms. The summed E-state index contributed by atoms with van der Waals surface area (Å²) in [5.74, 6) is 0.404. The number of carbonyl (C=O) groups is 2. The fraction of sp³-hybridized carbons (Fsp3) is 0.333. The van der Waals surface area contributed by atoms with Crippen LogP contribution in [-0.2, 0) is 9.59 Å². The molecule has 0 aromatic heterocycles. The van der Waals surface area contributed by atoms with Crippen LogP contribution in [0.3, 0.4) is 0 Å². The van der Waals surface area contributed by atoms with Crippen molar-refractivity contribution in [1.29, 1.82) is 0 Å². The van der Waals surface area contributed by atoms with Crippen LogP contribution in [0.4, 0.5) is 5.69 Å². The van der Waals surface area contributed by atoms with Gasteiger partial charge in [-0.05, 0) is 23.6 Å². The summed E-state index contributed by atoms with van der Waals surface area (Å²) in [5, 5.41) is 2.99. The molecule has 2 aromatic rings. The number of anilines is 1. The van der Waals surface area contributed by atoms with Crippen LogP contribution in [0.5, 0.6) is 5.75 Å². The highest BCUT2D eigenvalue weighted by Gasteiger charge is 2.36. The molecule has 5 heteroatoms. The van der Waals surface area contributed by atoms with E-state index in [1.165, 1.54) is 5.56 Å². The molecule has 136 valence electrons. The lowest BCUT2D eigenvalue weighted by atomic mass is 10.0. The summed E-state index contributed by atoms with van der Waals surface area (Å²) in [6, 6.07) is 17.5. The van der Waals surface area contributed by atoms with Crippen LogP contribution in [0.2, 0.25) is 0 Å². The maximum Gasteiger partial charge on any atom is 0.227 e. The predicted molar refractivity (Wildman–Crippen MR) is 101 cm³/mol. The topological polar surface area (TPSA) is 58.6 Å². The molecule has 1 aliphatic rings. The minimum absolute atomic E-state index is 0.0502. The molecule has 0 saturated carbocycles. The number of hydrogen-bond acceptors (Lipinski definition) is 3. The molecule has 5 nitrogen and oxygen atoms in total. The van der Waals surface area contributed by atoms with Crippen LogP contribution in [0.25, 0.3) is 0 Å². The number of carbonyl (C=O) groups excluding carboxylic acids is 2. The maximum atomic E-state index is 12.5. The van der Waals surface area contributed by atoms with Crippen LogP contribution in [0.15, 0.2) is 54.6 Å². The molecule has 26 heavy (non-hydrogen) atoms. The van der Waals surface area contributed by atoms with Crippen LogP contribution < -0.4 is 15.0 Å². The Bertz CT molecular complexity index is 776. The third-order valence-electron chi connectivity index (χ3n) is 4.82. The summed E-state index contributed by atoms with van der Waals surface area (Å²) in [5.41, 5.74) is 1.90. The molecule has 1 fully saturated rings. The predicted octanol–water partition coefficient (Wildman–Crippen LogP) is 2.97. The molecule has 1 N–H and O–H groups in total. The van der Waals surface area contributed by atoms with E-state index < -0.39 is 0 Å². The Morgan fingerprint density at radius 1 is 1.19 bits per heavy atom. The number of methoxy groups -OCH3 is 1. The molecule has 2 unspecified atom stereocenters. The Kier molecular flexibility index (Phi) is 5.56. The zero-order valence-electron chi connectivity index (χ0n) is 15.1. The van der Waals surface area contributed by atoms with E-state index in [9.17, 15) is 9.59 Å². The van der Waals surface area contributed by atoms with Crippen molar-refractivity contribution in [2.45, 2.75) is 19.3 Å². The van der Waals surface area contributed by atoms with Gasteiger partial charge in [-0.25, -0.2) is 0 Å². The van der Waals surface area contributed by atoms with Gasteiger partial charge in [-0.2, -0.15) is 0 Å². The normalized spacial score (nSPS) is 17.8. The fourth-order valence-corrected chi connectivity index (χ4v) is 3.27. The molecule has 2 aromatic carbocycles. The number of benzene rings is 2. The third-order valence-corrected chi connectivity index (χ3v) is 4.82. The first-order valence-electron chi connectivity index (χ1n) is 8.86. The summed E-state index contributed by atoms with van der Waals surface area (Å²) in [4.78, 5) is 26.6. The first-order valence-corrected chi connectivity index (χ1v) is 8.86. The summed E-state index contributed by atoms with van der Waals surface area (Å²) in [7, 11) is 1.58. The summed E-state index contributed by atoms with van der Waals surface area (Å²) in [6.45, 7) is 3.02. The van der Waals surface area contributed by atoms with Crippen LogP contribution in [0, 0.1) is 5.92 Å². The van der Waals surface area contributed by atoms with Gasteiger partial charge in [0.15, 0.2) is 0 Å². The van der Waals surface area contributed by atoms with E-state index in [1.54, 1.807) is 12.0 Å². The number of hydrogen-bond donors (Lipinski definition) is 1. The second-order valence-electron chi connectivity index (χ2n) is 6.63. The number of rotatable bonds is 6. The van der Waals surface area contributed by atoms with Crippen molar-refractivity contribution < 1.29 is 14.3 Å². The molecule has 2 atom stereocenters. The first kappa shape index (κ1) is 18.0. The van der Waals surface area contributed by atoms with Crippen LogP contribution in [-0.4, -0.2) is 32.0 Å². The highest BCUT2D eigenvalue weighted by atomic mass is 16.5. The molecule has 3 rings (SSSR count). The molecule has 1 heterocycles. The zero-order chi connectivity index (χ0) is 18.5. The average molecular weight is 352 g/mol. The second-order valence-corrected chi connectivity index (χ2v) is 6.63. The van der Waals surface area contributed by atoms with Crippen LogP contribution >= 0.6 is 0 Å². The maximum absolute atomic E-state index is 12.5. The Morgan fingerprint density at radius 2 is 1.88 bits per heavy atom. The number of para-hydroxylation sites is 2. The van der Waals surface area contributed by atoms with Gasteiger partial charge in [0, 0.05) is 19.5 Å². The Morgan fingerprint density at radius 3 is 2.62 bits per heavy atom. The van der Waals surface area contributed by atoms with Crippen molar-refractivity contribution in [2.75, 3.05) is 25.1 Å². The third kappa shape index (κ3) is 3.87. The molecule has 0 aliphatic carbocycles. The highest BCUT2D eigenvalue weighted by molar-refractivity contribution is 6.01. The van der Waals surface area contributed by atoms with Crippen molar-refractivity contribution in [1.82, 2.24) is 5.32 Å². The number of ether oxygens (including phenoxy) is 1. The Hall–Kier alpha value is -2.82. The minimum Gasteiger partial charge on any atom is -0.495 e. The standard InChI is InChI=1S/C21H24N2O3/c1-15(16-8-4-3-5-9-16)13-22-21(25)17-12-20(24)23(14-17)18-10-6-7-11-19(18)26-2/h3-11,15,17H,12-14H2,1-2H3,(H,22,25). The largest absolute Gasteiger partial charge is 0.495 e. The lowest BCUT2D eigenvalue weighted by Gasteiger charge is -2.19. The summed E-state index contributed by atoms with van der Waals surface area (Å²) in [6.07, 6.45) is 0.226. The molecular weight excluding hydrogens is 328 g/mol. The molecule has 1 saturated heterocycles. The van der Waals surface area contributed by atoms with Crippen molar-refractivity contribution in [3.05, 3.63) is 60.2 Å². The van der Waals surface area contributed by atoms with Crippen molar-refractivity contribution >= 4 is 17.5 Å². The van der Waals surface area contributed by atoms with Gasteiger partial charge in [0.25, 0.3) is 0 Å². The second kappa shape index (κ2) is 8.04. The molecule has 0 radical (unpaired) electrons. The summed E-state index contributed by atoms with van der Waals surface area (Å²) < 4.78 is 5.34. The van der Waals surface area contributed by atoms with E-state index in [1.807, 2.05) is 42.5 Å². The van der Waals surface area contributed by atoms with Crippen molar-refractivity contribution in [2.24, 2.45) is 5.92 Å². The molecule has 0 bridgehead atoms. The van der Waals surface area contributed by atoms with E-state index in [0.29, 0.717) is 24.5 Å². The van der Waals surface area contributed by atoms with E-state index in [0.717, 1.165) is 0 Å². The molecule has 2 amide bonds. The summed E-state index contributed by atoms with van der Waals surface area (Å²) >= 11 is 0. The highest BCUT2D eigenvalue weighted by Crippen LogP contribution is 2.32. The van der Waals surface area contributed by atoms with Gasteiger partial charge in [0.05, 0.1) is 18.7 Å². The van der Waals surface area contributed by atoms with Gasteiger partial charge < -0.3 is 15.0 Å². The van der Waals surface area contributed by atoms with Gasteiger partial charge in [0.2, 0.25) is 11.8 Å². The van der Waals surface area contributed by atoms with E-state index in [4.69, 9.17) is 4.74 Å². The van der Waals surface area contributed by atoms with Gasteiger partial charge in [0.1, 0.15) is 5.75 Å². The van der Waals surface area contributed by atoms with E-state index >= 15 is 0 Å². The monoisotopic (exact) mass is 352 g/mol. The zero-order valence-corrected chi connectivity index (χ0v) is 15.1. The minimum atomic E-state index is -0.338. The average Bonchev–Trinajstić information content (AvgIpc) is 3.08. The van der Waals surface area contributed by atoms with Crippen molar-refractivity contribution in [3.63, 3.8) is 0 Å². The quantitative estimate of drug-likeness (QED) is 0.869. The Labute approximate surface area is 154 Å². The number of nitrogens with zero attached hydrogens (tertiary/aromatic N) is 1. The lowest BCUT2D eigenvalue weighted by molar-refractivity contribution is -0.126. The number of amides is 2. The SMILES string of the molecule is COc1ccccc1N1CC(C(=O)NCC(C)c2ccccc2)CC1=O.